The van der Waals surface area contributed by atoms with Crippen LogP contribution in [0, 0.1) is 0 Å². The van der Waals surface area contributed by atoms with E-state index in [1.54, 1.807) is 12.7 Å². The maximum atomic E-state index is 11.3. The number of hydrogen-bond acceptors (Lipinski definition) is 2. The minimum absolute atomic E-state index is 0.0311. The molecule has 0 radical (unpaired) electrons. The number of halogens is 1. The van der Waals surface area contributed by atoms with E-state index in [2.05, 4.69) is 6.58 Å². The predicted octanol–water partition coefficient (Wildman–Crippen LogP) is 2.91. The molecule has 1 atom stereocenters. The van der Waals surface area contributed by atoms with E-state index >= 15 is 0 Å². The summed E-state index contributed by atoms with van der Waals surface area (Å²) in [4.78, 5) is 0. The van der Waals surface area contributed by atoms with E-state index < -0.39 is 7.37 Å². The molecule has 0 aromatic rings. The Kier molecular flexibility index (Phi) is 1.93. The van der Waals surface area contributed by atoms with Gasteiger partial charge in [0.2, 0.25) is 0 Å². The van der Waals surface area contributed by atoms with Gasteiger partial charge in [-0.2, -0.15) is 0 Å². The fourth-order valence-corrected chi connectivity index (χ4v) is 2.49. The molecule has 0 aromatic heterocycles. The van der Waals surface area contributed by atoms with E-state index in [4.69, 9.17) is 16.1 Å². The molecule has 0 N–H and O–H groups in total. The molecule has 0 saturated heterocycles. The Morgan fingerprint density at radius 3 is 2.70 bits per heavy atom. The maximum absolute atomic E-state index is 11.3. The molecule has 56 valence electrons. The summed E-state index contributed by atoms with van der Waals surface area (Å²) in [7, 11) is -2.66. The Bertz CT molecular complexity index is 244. The first-order chi connectivity index (χ1) is 4.57. The van der Waals surface area contributed by atoms with Crippen molar-refractivity contribution < 1.29 is 9.09 Å². The van der Waals surface area contributed by atoms with Gasteiger partial charge in [0.15, 0.2) is 0 Å². The van der Waals surface area contributed by atoms with Gasteiger partial charge in [-0.15, -0.1) is 11.6 Å². The largest absolute Gasteiger partial charge is 0.440 e. The van der Waals surface area contributed by atoms with Gasteiger partial charge in [0.05, 0.1) is 0 Å². The van der Waals surface area contributed by atoms with Gasteiger partial charge in [-0.3, -0.25) is 4.57 Å². The lowest BCUT2D eigenvalue weighted by atomic mass is 10.3. The lowest BCUT2D eigenvalue weighted by Crippen LogP contribution is -1.79. The van der Waals surface area contributed by atoms with Gasteiger partial charge in [-0.25, -0.2) is 0 Å². The zero-order chi connectivity index (χ0) is 7.78. The standard InChI is InChI=1S/C6H8ClO2P/c1-5-3-10(8,4-7)9-6(5)2/h3H,2,4H2,1H3. The normalized spacial score (nSPS) is 31.8. The molecule has 0 aromatic carbocycles. The van der Waals surface area contributed by atoms with Crippen LogP contribution in [0.1, 0.15) is 6.92 Å². The summed E-state index contributed by atoms with van der Waals surface area (Å²) in [5.41, 5.74) is 0.854. The van der Waals surface area contributed by atoms with Crippen molar-refractivity contribution in [2.24, 2.45) is 0 Å². The molecular weight excluding hydrogens is 170 g/mol. The van der Waals surface area contributed by atoms with Crippen LogP contribution in [-0.2, 0) is 9.09 Å². The van der Waals surface area contributed by atoms with Crippen molar-refractivity contribution in [2.45, 2.75) is 6.92 Å². The highest BCUT2D eigenvalue weighted by atomic mass is 35.5. The molecule has 1 aliphatic heterocycles. The van der Waals surface area contributed by atoms with Crippen LogP contribution in [-0.4, -0.2) is 5.62 Å². The number of hydrogen-bond donors (Lipinski definition) is 0. The van der Waals surface area contributed by atoms with Gasteiger partial charge in [-0.1, -0.05) is 6.58 Å². The van der Waals surface area contributed by atoms with Crippen LogP contribution in [0.2, 0.25) is 0 Å². The summed E-state index contributed by atoms with van der Waals surface area (Å²) in [5, 5.41) is 0. The van der Waals surface area contributed by atoms with E-state index in [0.29, 0.717) is 5.76 Å². The fourth-order valence-electron chi connectivity index (χ4n) is 0.711. The van der Waals surface area contributed by atoms with Crippen LogP contribution >= 0.6 is 19.0 Å². The first-order valence-corrected chi connectivity index (χ1v) is 5.22. The Balaban J connectivity index is 2.94. The van der Waals surface area contributed by atoms with Crippen LogP contribution in [0.3, 0.4) is 0 Å². The quantitative estimate of drug-likeness (QED) is 0.456. The molecule has 0 saturated carbocycles. The van der Waals surface area contributed by atoms with Crippen LogP contribution in [0.15, 0.2) is 23.7 Å². The Labute approximate surface area is 65.0 Å². The zero-order valence-corrected chi connectivity index (χ0v) is 7.28. The average Bonchev–Trinajstić information content (AvgIpc) is 2.10. The molecule has 0 aliphatic carbocycles. The monoisotopic (exact) mass is 178 g/mol. The molecule has 0 spiro atoms. The van der Waals surface area contributed by atoms with Gasteiger partial charge in [0, 0.05) is 5.82 Å². The topological polar surface area (TPSA) is 26.3 Å². The Morgan fingerprint density at radius 2 is 2.50 bits per heavy atom. The number of alkyl halides is 1. The van der Waals surface area contributed by atoms with E-state index in [1.165, 1.54) is 0 Å². The summed E-state index contributed by atoms with van der Waals surface area (Å²) >= 11 is 5.41. The third-order valence-corrected chi connectivity index (χ3v) is 3.90. The second kappa shape index (κ2) is 2.44. The summed E-state index contributed by atoms with van der Waals surface area (Å²) in [6.07, 6.45) is 0. The van der Waals surface area contributed by atoms with E-state index in [1.807, 2.05) is 0 Å². The van der Waals surface area contributed by atoms with Gasteiger partial charge < -0.3 is 4.52 Å². The summed E-state index contributed by atoms with van der Waals surface area (Å²) < 4.78 is 16.3. The summed E-state index contributed by atoms with van der Waals surface area (Å²) in [6, 6.07) is 0. The van der Waals surface area contributed by atoms with Crippen molar-refractivity contribution >= 4 is 19.0 Å². The van der Waals surface area contributed by atoms with Crippen molar-refractivity contribution in [3.05, 3.63) is 23.7 Å². The van der Waals surface area contributed by atoms with Crippen molar-refractivity contribution in [3.63, 3.8) is 0 Å². The van der Waals surface area contributed by atoms with E-state index in [9.17, 15) is 4.57 Å². The second-order valence-electron chi connectivity index (χ2n) is 2.17. The van der Waals surface area contributed by atoms with Crippen LogP contribution < -0.4 is 0 Å². The average molecular weight is 179 g/mol. The van der Waals surface area contributed by atoms with Gasteiger partial charge in [0.1, 0.15) is 11.4 Å². The lowest BCUT2D eigenvalue weighted by Gasteiger charge is -2.05. The van der Waals surface area contributed by atoms with Crippen LogP contribution in [0.4, 0.5) is 0 Å². The highest BCUT2D eigenvalue weighted by Gasteiger charge is 2.27. The number of rotatable bonds is 1. The molecule has 1 aliphatic rings. The first-order valence-electron chi connectivity index (χ1n) is 2.80. The Hall–Kier alpha value is -0.200. The summed E-state index contributed by atoms with van der Waals surface area (Å²) in [6.45, 7) is 5.36. The minimum atomic E-state index is -2.66. The highest BCUT2D eigenvalue weighted by molar-refractivity contribution is 7.64. The molecule has 0 fully saturated rings. The molecule has 0 bridgehead atoms. The smallest absolute Gasteiger partial charge is 0.285 e. The second-order valence-corrected chi connectivity index (χ2v) is 5.02. The van der Waals surface area contributed by atoms with Gasteiger partial charge in [0.25, 0.3) is 7.37 Å². The maximum Gasteiger partial charge on any atom is 0.285 e. The van der Waals surface area contributed by atoms with Crippen molar-refractivity contribution in [1.82, 2.24) is 0 Å². The van der Waals surface area contributed by atoms with Crippen molar-refractivity contribution in [3.8, 4) is 0 Å². The molecule has 4 heteroatoms. The SMILES string of the molecule is C=C1OP(=O)(CCl)C=C1C. The van der Waals surface area contributed by atoms with Crippen molar-refractivity contribution in [2.75, 3.05) is 5.62 Å². The zero-order valence-electron chi connectivity index (χ0n) is 5.63. The van der Waals surface area contributed by atoms with Crippen LogP contribution in [0.5, 0.6) is 0 Å². The first kappa shape index (κ1) is 7.90. The Morgan fingerprint density at radius 1 is 1.90 bits per heavy atom. The molecule has 10 heavy (non-hydrogen) atoms. The molecule has 2 nitrogen and oxygen atoms in total. The fraction of sp³-hybridized carbons (Fsp3) is 0.333. The highest BCUT2D eigenvalue weighted by Crippen LogP contribution is 2.57. The minimum Gasteiger partial charge on any atom is -0.440 e. The van der Waals surface area contributed by atoms with Crippen molar-refractivity contribution in [1.29, 1.82) is 0 Å². The summed E-state index contributed by atoms with van der Waals surface area (Å²) in [5.74, 6) is 2.03. The molecule has 1 unspecified atom stereocenters. The van der Waals surface area contributed by atoms with Gasteiger partial charge in [-0.05, 0) is 12.5 Å². The van der Waals surface area contributed by atoms with Gasteiger partial charge >= 0.3 is 0 Å². The third kappa shape index (κ3) is 1.28. The molecule has 1 rings (SSSR count). The van der Waals surface area contributed by atoms with Crippen LogP contribution in [0.25, 0.3) is 0 Å². The molecule has 0 amide bonds. The molecular formula is C6H8ClO2P. The number of allylic oxidation sites excluding steroid dienone is 1. The third-order valence-electron chi connectivity index (χ3n) is 1.26. The lowest BCUT2D eigenvalue weighted by molar-refractivity contribution is 0.436. The van der Waals surface area contributed by atoms with E-state index in [-0.39, 0.29) is 5.62 Å². The molecule has 1 heterocycles. The van der Waals surface area contributed by atoms with E-state index in [0.717, 1.165) is 5.57 Å². The predicted molar refractivity (Wildman–Crippen MR) is 42.3 cm³/mol.